The van der Waals surface area contributed by atoms with E-state index in [1.807, 2.05) is 0 Å². The van der Waals surface area contributed by atoms with Crippen LogP contribution in [0.25, 0.3) is 0 Å². The van der Waals surface area contributed by atoms with E-state index in [2.05, 4.69) is 54.7 Å². The molecular weight excluding hydrogens is 443 g/mol. The van der Waals surface area contributed by atoms with Gasteiger partial charge >= 0.3 is 0 Å². The van der Waals surface area contributed by atoms with Crippen LogP contribution in [0.1, 0.15) is 83.5 Å². The highest BCUT2D eigenvalue weighted by Crippen LogP contribution is 2.74. The third kappa shape index (κ3) is 4.92. The van der Waals surface area contributed by atoms with Gasteiger partial charge in [-0.05, 0) is 50.7 Å². The van der Waals surface area contributed by atoms with Crippen LogP contribution in [0.4, 0.5) is 0 Å². The van der Waals surface area contributed by atoms with Gasteiger partial charge in [0.25, 0.3) is 0 Å². The molecule has 2 saturated carbocycles. The Morgan fingerprint density at radius 2 is 1.12 bits per heavy atom. The second-order valence-electron chi connectivity index (χ2n) is 10.3. The number of ether oxygens (including phenoxy) is 2. The molecule has 178 valence electrons. The molecule has 0 spiro atoms. The predicted molar refractivity (Wildman–Crippen MR) is 143 cm³/mol. The Bertz CT molecular complexity index is 937. The van der Waals surface area contributed by atoms with Crippen LogP contribution in [0.2, 0.25) is 0 Å². The third-order valence-electron chi connectivity index (χ3n) is 8.11. The third-order valence-corrected chi connectivity index (χ3v) is 14.6. The fourth-order valence-electron chi connectivity index (χ4n) is 6.52. The molecule has 5 unspecified atom stereocenters. The van der Waals surface area contributed by atoms with Gasteiger partial charge in [-0.25, -0.2) is 0 Å². The van der Waals surface area contributed by atoms with Crippen LogP contribution < -0.4 is 0 Å². The van der Waals surface area contributed by atoms with Crippen molar-refractivity contribution in [3.05, 3.63) is 71.5 Å². The lowest BCUT2D eigenvalue weighted by Crippen LogP contribution is -2.44. The fourth-order valence-corrected chi connectivity index (χ4v) is 13.1. The van der Waals surface area contributed by atoms with Gasteiger partial charge in [0.15, 0.2) is 0 Å². The summed E-state index contributed by atoms with van der Waals surface area (Å²) < 4.78 is 13.7. The summed E-state index contributed by atoms with van der Waals surface area (Å²) in [4.78, 5) is 0. The fraction of sp³-hybridized carbons (Fsp3) is 0.586. The molecule has 5 atom stereocenters. The van der Waals surface area contributed by atoms with Crippen molar-refractivity contribution in [3.63, 3.8) is 0 Å². The predicted octanol–water partition coefficient (Wildman–Crippen LogP) is 8.43. The minimum atomic E-state index is -1.91. The molecular formula is C29H39O2PS. The molecule has 0 aromatic rings. The molecule has 0 aromatic carbocycles. The number of rotatable bonds is 0. The Labute approximate surface area is 205 Å². The normalized spacial score (nSPS) is 40.9. The summed E-state index contributed by atoms with van der Waals surface area (Å²) in [6.07, 6.45) is 36.1. The molecule has 0 radical (unpaired) electrons. The summed E-state index contributed by atoms with van der Waals surface area (Å²) in [6, 6.07) is -1.91. The van der Waals surface area contributed by atoms with E-state index in [1.54, 1.807) is 0 Å². The lowest BCUT2D eigenvalue weighted by Gasteiger charge is -2.53. The molecule has 3 aliphatic carbocycles. The minimum absolute atomic E-state index is 0.273. The topological polar surface area (TPSA) is 18.5 Å². The summed E-state index contributed by atoms with van der Waals surface area (Å²) in [5.74, 6) is 2.01. The van der Waals surface area contributed by atoms with E-state index < -0.39 is 6.04 Å². The van der Waals surface area contributed by atoms with Crippen molar-refractivity contribution in [2.24, 2.45) is 0 Å². The Morgan fingerprint density at radius 3 is 1.79 bits per heavy atom. The van der Waals surface area contributed by atoms with Gasteiger partial charge in [0, 0.05) is 17.4 Å². The van der Waals surface area contributed by atoms with Gasteiger partial charge in [0.1, 0.15) is 23.7 Å². The standard InChI is InChI=1S/C29H39O2PS/c33-32-27-21-15-8-4-7-11-17-23(27)30-25-19-13-5-2-1-3-6-14-20-26(29(25)32)31-24-18-12-9-10-16-22-28(24)32/h1-3,5-6,13-14,19-20,23-24,27-28H,4,7-12,15-18,21-22H2/b2-1-,3-1?,5-2?,6-3-,13-5-,14-6?,19-13?,20-14-,25-19?,26-20?. The lowest BCUT2D eigenvalue weighted by molar-refractivity contribution is 0.0731. The zero-order valence-corrected chi connectivity index (χ0v) is 21.6. The Morgan fingerprint density at radius 1 is 0.606 bits per heavy atom. The Balaban J connectivity index is 1.68. The maximum atomic E-state index is 7.04. The molecule has 5 aliphatic rings. The molecule has 0 amide bonds. The SMILES string of the molecule is S=P12C3=C(\C=C/C=C\C=C/C=C\C=C3OC3CCCCCCCC31)OC1CCCCCCC12. The monoisotopic (exact) mass is 482 g/mol. The second-order valence-corrected chi connectivity index (χ2v) is 15.3. The molecule has 2 heterocycles. The van der Waals surface area contributed by atoms with Crippen molar-refractivity contribution in [2.75, 3.05) is 0 Å². The smallest absolute Gasteiger partial charge is 0.131 e. The summed E-state index contributed by atoms with van der Waals surface area (Å²) in [7, 11) is 0. The number of allylic oxidation sites excluding steroid dienone is 10. The zero-order chi connectivity index (χ0) is 22.5. The van der Waals surface area contributed by atoms with Crippen molar-refractivity contribution >= 4 is 17.8 Å². The van der Waals surface area contributed by atoms with Crippen LogP contribution in [0.3, 0.4) is 0 Å². The maximum Gasteiger partial charge on any atom is 0.131 e. The van der Waals surface area contributed by atoms with Crippen molar-refractivity contribution < 1.29 is 9.47 Å². The molecule has 3 fully saturated rings. The lowest BCUT2D eigenvalue weighted by atomic mass is 9.97. The van der Waals surface area contributed by atoms with Crippen molar-refractivity contribution in [1.29, 1.82) is 0 Å². The van der Waals surface area contributed by atoms with Gasteiger partial charge in [0.2, 0.25) is 0 Å². The van der Waals surface area contributed by atoms with Gasteiger partial charge in [-0.2, -0.15) is 0 Å². The van der Waals surface area contributed by atoms with Crippen LogP contribution in [0.5, 0.6) is 0 Å². The number of hydrogen-bond acceptors (Lipinski definition) is 3. The summed E-state index contributed by atoms with van der Waals surface area (Å²) >= 11 is 7.04. The van der Waals surface area contributed by atoms with E-state index in [4.69, 9.17) is 21.3 Å². The van der Waals surface area contributed by atoms with Crippen molar-refractivity contribution in [1.82, 2.24) is 0 Å². The molecule has 4 heteroatoms. The summed E-state index contributed by atoms with van der Waals surface area (Å²) in [6.45, 7) is 0. The van der Waals surface area contributed by atoms with E-state index in [9.17, 15) is 0 Å². The maximum absolute atomic E-state index is 7.04. The molecule has 5 rings (SSSR count). The van der Waals surface area contributed by atoms with Gasteiger partial charge in [-0.3, -0.25) is 0 Å². The van der Waals surface area contributed by atoms with E-state index in [-0.39, 0.29) is 12.2 Å². The minimum Gasteiger partial charge on any atom is -0.489 e. The molecule has 0 aromatic heterocycles. The first kappa shape index (κ1) is 23.4. The van der Waals surface area contributed by atoms with Crippen LogP contribution in [-0.4, -0.2) is 23.5 Å². The molecule has 1 saturated heterocycles. The zero-order valence-electron chi connectivity index (χ0n) is 19.9. The highest BCUT2D eigenvalue weighted by Gasteiger charge is 2.54. The first-order valence-electron chi connectivity index (χ1n) is 13.3. The molecule has 2 aliphatic heterocycles. The highest BCUT2D eigenvalue weighted by molar-refractivity contribution is 8.17. The van der Waals surface area contributed by atoms with E-state index >= 15 is 0 Å². The average molecular weight is 483 g/mol. The molecule has 0 bridgehead atoms. The summed E-state index contributed by atoms with van der Waals surface area (Å²) in [5.41, 5.74) is 1.01. The number of fused-ring (bicyclic) bond motifs is 4. The van der Waals surface area contributed by atoms with Crippen molar-refractivity contribution in [2.45, 2.75) is 107 Å². The van der Waals surface area contributed by atoms with Gasteiger partial charge in [-0.15, -0.1) is 0 Å². The van der Waals surface area contributed by atoms with E-state index in [0.29, 0.717) is 11.3 Å². The van der Waals surface area contributed by atoms with Crippen LogP contribution in [0.15, 0.2) is 71.5 Å². The van der Waals surface area contributed by atoms with E-state index in [0.717, 1.165) is 24.4 Å². The van der Waals surface area contributed by atoms with Gasteiger partial charge in [-0.1, -0.05) is 99.3 Å². The van der Waals surface area contributed by atoms with Crippen molar-refractivity contribution in [3.8, 4) is 0 Å². The van der Waals surface area contributed by atoms with Crippen LogP contribution in [0, 0.1) is 0 Å². The quantitative estimate of drug-likeness (QED) is 0.323. The number of hydrogen-bond donors (Lipinski definition) is 0. The molecule has 0 N–H and O–H groups in total. The Kier molecular flexibility index (Phi) is 7.78. The molecule has 2 nitrogen and oxygen atoms in total. The first-order valence-corrected chi connectivity index (χ1v) is 16.3. The largest absolute Gasteiger partial charge is 0.489 e. The first-order chi connectivity index (χ1) is 16.3. The highest BCUT2D eigenvalue weighted by atomic mass is 32.4. The van der Waals surface area contributed by atoms with Gasteiger partial charge < -0.3 is 9.47 Å². The summed E-state index contributed by atoms with van der Waals surface area (Å²) in [5, 5.41) is 1.28. The Hall–Kier alpha value is -1.31. The molecule has 33 heavy (non-hydrogen) atoms. The van der Waals surface area contributed by atoms with Gasteiger partial charge in [0.05, 0.1) is 5.31 Å². The van der Waals surface area contributed by atoms with Crippen LogP contribution >= 0.6 is 6.04 Å². The average Bonchev–Trinajstić information content (AvgIpc) is 2.90. The van der Waals surface area contributed by atoms with E-state index in [1.165, 1.54) is 75.9 Å². The second kappa shape index (κ2) is 11.0. The van der Waals surface area contributed by atoms with Crippen LogP contribution in [-0.2, 0) is 21.3 Å².